The summed E-state index contributed by atoms with van der Waals surface area (Å²) in [6.07, 6.45) is -1.69. The largest absolute Gasteiger partial charge is 0.476 e. The van der Waals surface area contributed by atoms with E-state index in [1.54, 1.807) is 43.3 Å². The van der Waals surface area contributed by atoms with E-state index in [1.165, 1.54) is 13.0 Å². The minimum Gasteiger partial charge on any atom is -0.476 e. The van der Waals surface area contributed by atoms with Gasteiger partial charge in [0.15, 0.2) is 17.3 Å². The molecule has 0 aliphatic carbocycles. The van der Waals surface area contributed by atoms with Gasteiger partial charge in [0.05, 0.1) is 19.5 Å². The molecular formula is C31H41F2N6O8P. The highest BCUT2D eigenvalue weighted by atomic mass is 31.2. The molecule has 0 aliphatic heterocycles. The Hall–Kier alpha value is -3.95. The zero-order chi connectivity index (χ0) is 35.5. The molecule has 2 heterocycles. The number of rotatable bonds is 15. The van der Waals surface area contributed by atoms with Crippen molar-refractivity contribution in [3.63, 3.8) is 0 Å². The molecule has 0 saturated carbocycles. The van der Waals surface area contributed by atoms with Crippen molar-refractivity contribution in [2.24, 2.45) is 5.41 Å². The quantitative estimate of drug-likeness (QED) is 0.111. The Bertz CT molecular complexity index is 1800. The fraction of sp³-hybridized carbons (Fsp3) is 0.484. The third-order valence-corrected chi connectivity index (χ3v) is 8.74. The summed E-state index contributed by atoms with van der Waals surface area (Å²) < 4.78 is 75.1. The summed E-state index contributed by atoms with van der Waals surface area (Å²) in [7, 11) is -3.86. The summed E-state index contributed by atoms with van der Waals surface area (Å²) >= 11 is 0. The zero-order valence-corrected chi connectivity index (χ0v) is 28.7. The van der Waals surface area contributed by atoms with Crippen molar-refractivity contribution < 1.29 is 46.5 Å². The van der Waals surface area contributed by atoms with Crippen molar-refractivity contribution in [1.29, 1.82) is 0 Å². The number of carbonyl (C=O) groups is 1. The summed E-state index contributed by atoms with van der Waals surface area (Å²) in [6.45, 7) is 8.37. The summed E-state index contributed by atoms with van der Waals surface area (Å²) in [4.78, 5) is 24.8. The van der Waals surface area contributed by atoms with Crippen molar-refractivity contribution >= 4 is 41.6 Å². The Labute approximate surface area is 276 Å². The zero-order valence-electron chi connectivity index (χ0n) is 27.8. The Balaban J connectivity index is 1.65. The number of anilines is 1. The van der Waals surface area contributed by atoms with Gasteiger partial charge in [-0.3, -0.25) is 13.9 Å². The van der Waals surface area contributed by atoms with Crippen LogP contribution in [-0.2, 0) is 29.1 Å². The van der Waals surface area contributed by atoms with Gasteiger partial charge < -0.3 is 29.6 Å². The first-order valence-corrected chi connectivity index (χ1v) is 16.6. The van der Waals surface area contributed by atoms with E-state index in [1.807, 2.05) is 20.8 Å². The molecule has 0 amide bonds. The normalized spacial score (nSPS) is 17.2. The van der Waals surface area contributed by atoms with Gasteiger partial charge in [-0.25, -0.2) is 18.3 Å². The van der Waals surface area contributed by atoms with Crippen molar-refractivity contribution in [3.8, 4) is 11.6 Å². The van der Waals surface area contributed by atoms with Crippen molar-refractivity contribution in [1.82, 2.24) is 24.6 Å². The lowest BCUT2D eigenvalue weighted by atomic mass is 9.99. The number of nitrogens with two attached hydrogens (primary N) is 1. The summed E-state index contributed by atoms with van der Waals surface area (Å²) in [5.41, 5.74) is 5.21. The Morgan fingerprint density at radius 2 is 1.79 bits per heavy atom. The average molecular weight is 695 g/mol. The van der Waals surface area contributed by atoms with Crippen LogP contribution in [0.25, 0.3) is 21.9 Å². The Morgan fingerprint density at radius 3 is 2.46 bits per heavy atom. The number of fused-ring (bicyclic) bond motifs is 2. The maximum atomic E-state index is 16.5. The first-order chi connectivity index (χ1) is 22.4. The van der Waals surface area contributed by atoms with Crippen LogP contribution >= 0.6 is 7.75 Å². The van der Waals surface area contributed by atoms with Crippen LogP contribution in [0.2, 0.25) is 0 Å². The van der Waals surface area contributed by atoms with Crippen LogP contribution in [0.3, 0.4) is 0 Å². The lowest BCUT2D eigenvalue weighted by Crippen LogP contribution is -2.55. The maximum absolute atomic E-state index is 16.5. The highest BCUT2D eigenvalue weighted by molar-refractivity contribution is 7.52. The van der Waals surface area contributed by atoms with Crippen molar-refractivity contribution in [2.45, 2.75) is 65.3 Å². The number of benzene rings is 2. The summed E-state index contributed by atoms with van der Waals surface area (Å²) in [6, 6.07) is 10.7. The van der Waals surface area contributed by atoms with Crippen LogP contribution in [0.15, 0.2) is 48.8 Å². The second kappa shape index (κ2) is 14.3. The summed E-state index contributed by atoms with van der Waals surface area (Å²) in [5, 5.41) is 14.9. The predicted molar refractivity (Wildman–Crippen MR) is 174 cm³/mol. The van der Waals surface area contributed by atoms with Gasteiger partial charge in [-0.15, -0.1) is 0 Å². The molecule has 5 atom stereocenters. The number of halogens is 2. The molecule has 48 heavy (non-hydrogen) atoms. The molecule has 4 N–H and O–H groups in total. The molecule has 0 radical (unpaired) electrons. The molecule has 0 aliphatic rings. The third kappa shape index (κ3) is 8.18. The molecular weight excluding hydrogens is 653 g/mol. The van der Waals surface area contributed by atoms with Gasteiger partial charge in [0.1, 0.15) is 18.4 Å². The second-order valence-corrected chi connectivity index (χ2v) is 14.1. The number of nitrogens with zero attached hydrogens (tertiary/aromatic N) is 4. The number of aliphatic hydroxyl groups is 1. The first kappa shape index (κ1) is 36.9. The minimum atomic E-state index is -4.72. The van der Waals surface area contributed by atoms with E-state index in [4.69, 9.17) is 29.0 Å². The summed E-state index contributed by atoms with van der Waals surface area (Å²) in [5.74, 6) is -7.43. The number of nitrogens with one attached hydrogen (secondary N) is 1. The molecule has 3 unspecified atom stereocenters. The Morgan fingerprint density at radius 1 is 1.10 bits per heavy atom. The molecule has 0 saturated heterocycles. The number of aliphatic hydroxyl groups excluding tert-OH is 1. The van der Waals surface area contributed by atoms with Crippen LogP contribution in [0.5, 0.6) is 11.6 Å². The van der Waals surface area contributed by atoms with E-state index in [2.05, 4.69) is 20.0 Å². The van der Waals surface area contributed by atoms with Gasteiger partial charge in [-0.2, -0.15) is 15.1 Å². The molecule has 4 rings (SSSR count). The number of esters is 1. The third-order valence-electron chi connectivity index (χ3n) is 7.13. The van der Waals surface area contributed by atoms with Gasteiger partial charge in [-0.05, 0) is 37.6 Å². The van der Waals surface area contributed by atoms with Crippen LogP contribution in [0, 0.1) is 5.41 Å². The first-order valence-electron chi connectivity index (χ1n) is 15.0. The smallest absolute Gasteiger partial charge is 0.459 e. The molecule has 0 bridgehead atoms. The van der Waals surface area contributed by atoms with Crippen molar-refractivity contribution in [2.75, 3.05) is 32.7 Å². The molecule has 2 aromatic heterocycles. The van der Waals surface area contributed by atoms with E-state index < -0.39 is 44.1 Å². The van der Waals surface area contributed by atoms with Gasteiger partial charge in [0.2, 0.25) is 17.6 Å². The van der Waals surface area contributed by atoms with Crippen molar-refractivity contribution in [3.05, 3.63) is 48.8 Å². The molecule has 4 aromatic rings. The fourth-order valence-electron chi connectivity index (χ4n) is 4.59. The average Bonchev–Trinajstić information content (AvgIpc) is 3.47. The molecule has 2 aromatic carbocycles. The highest BCUT2D eigenvalue weighted by Crippen LogP contribution is 2.48. The van der Waals surface area contributed by atoms with Crippen LogP contribution in [0.1, 0.15) is 41.5 Å². The minimum absolute atomic E-state index is 0.00442. The van der Waals surface area contributed by atoms with Crippen LogP contribution in [0.4, 0.5) is 14.7 Å². The standard InChI is InChI=1S/C31H41F2N6O8P/c1-8-44-25-23-24(36-28(34)37-25)39(18-35-23)30(6,32)27(41)31(33,43-7)17-46-48(42,38-19(2)26(40)45-16-29(3,4)5)47-22-15-11-13-20-12-9-10-14-21(20)22/h9-15,18-19,27,41H,8,16-17H2,1-7H3,(H,38,42)(H2,34,36,37)/t19?,27-,30-,31?,48?/m0/s1. The predicted octanol–water partition coefficient (Wildman–Crippen LogP) is 5.05. The fourth-order valence-corrected chi connectivity index (χ4v) is 6.12. The number of methoxy groups -OCH3 is 1. The lowest BCUT2D eigenvalue weighted by molar-refractivity contribution is -0.253. The van der Waals surface area contributed by atoms with Crippen LogP contribution in [-0.4, -0.2) is 75.5 Å². The van der Waals surface area contributed by atoms with Gasteiger partial charge >= 0.3 is 13.7 Å². The van der Waals surface area contributed by atoms with E-state index in [-0.39, 0.29) is 47.4 Å². The number of alkyl halides is 2. The van der Waals surface area contributed by atoms with Gasteiger partial charge in [0.25, 0.3) is 5.85 Å². The molecule has 262 valence electrons. The molecule has 17 heteroatoms. The van der Waals surface area contributed by atoms with E-state index in [0.29, 0.717) is 5.39 Å². The number of ether oxygens (including phenoxy) is 3. The second-order valence-electron chi connectivity index (χ2n) is 12.4. The van der Waals surface area contributed by atoms with Gasteiger partial charge in [0, 0.05) is 12.5 Å². The number of aromatic nitrogens is 4. The molecule has 0 fully saturated rings. The Kier molecular flexibility index (Phi) is 11.0. The molecule has 14 nitrogen and oxygen atoms in total. The van der Waals surface area contributed by atoms with E-state index in [9.17, 15) is 14.5 Å². The maximum Gasteiger partial charge on any atom is 0.459 e. The van der Waals surface area contributed by atoms with Gasteiger partial charge in [-0.1, -0.05) is 57.2 Å². The topological polar surface area (TPSA) is 182 Å². The number of hydrogen-bond donors (Lipinski definition) is 3. The number of nitrogen functional groups attached to an aromatic ring is 1. The number of carbonyl (C=O) groups excluding carboxylic acids is 1. The van der Waals surface area contributed by atoms with Crippen LogP contribution < -0.4 is 20.1 Å². The SMILES string of the molecule is CCOc1nc(N)nc2c1ncn2[C@](C)(F)[C@H](O)C(F)(COP(=O)(NC(C)C(=O)OCC(C)(C)C)Oc1cccc2ccccc12)OC. The number of imidazole rings is 1. The molecule has 0 spiro atoms. The monoisotopic (exact) mass is 694 g/mol. The van der Waals surface area contributed by atoms with E-state index in [0.717, 1.165) is 30.3 Å². The number of hydrogen-bond acceptors (Lipinski definition) is 12. The lowest BCUT2D eigenvalue weighted by Gasteiger charge is -2.37. The highest BCUT2D eigenvalue weighted by Gasteiger charge is 2.54. The van der Waals surface area contributed by atoms with E-state index >= 15 is 8.78 Å².